The molecule has 0 fully saturated rings. The van der Waals surface area contributed by atoms with Crippen molar-refractivity contribution in [2.75, 3.05) is 0 Å². The smallest absolute Gasteiger partial charge is 0.150 e. The first-order valence-corrected chi connectivity index (χ1v) is 6.06. The Balaban J connectivity index is 2.51. The molecule has 0 bridgehead atoms. The molecular weight excluding hydrogens is 236 g/mol. The number of hydrogen-bond acceptors (Lipinski definition) is 2. The van der Waals surface area contributed by atoms with Gasteiger partial charge in [0.05, 0.1) is 0 Å². The van der Waals surface area contributed by atoms with E-state index >= 15 is 0 Å². The third-order valence-electron chi connectivity index (χ3n) is 3.43. The molecular formula is C17H16O2. The average Bonchev–Trinajstić information content (AvgIpc) is 2.47. The Morgan fingerprint density at radius 3 is 2.16 bits per heavy atom. The summed E-state index contributed by atoms with van der Waals surface area (Å²) < 4.78 is 14.5. The van der Waals surface area contributed by atoms with Gasteiger partial charge in [-0.15, -0.1) is 0 Å². The molecule has 0 aliphatic rings. The molecule has 0 aliphatic carbocycles. The Kier molecular flexibility index (Phi) is 2.92. The topological polar surface area (TPSA) is 34.1 Å². The molecule has 0 atom stereocenters. The third-order valence-corrected chi connectivity index (χ3v) is 3.43. The van der Waals surface area contributed by atoms with E-state index < -0.39 is 17.9 Å². The summed E-state index contributed by atoms with van der Waals surface area (Å²) in [6.45, 7) is 3.93. The van der Waals surface area contributed by atoms with Crippen LogP contribution >= 0.6 is 0 Å². The molecule has 96 valence electrons. The van der Waals surface area contributed by atoms with Gasteiger partial charge in [0.15, 0.2) is 0 Å². The molecule has 0 saturated carbocycles. The van der Waals surface area contributed by atoms with Gasteiger partial charge in [-0.25, -0.2) is 0 Å². The lowest BCUT2D eigenvalue weighted by Crippen LogP contribution is -2.20. The van der Waals surface area contributed by atoms with Gasteiger partial charge in [0.25, 0.3) is 0 Å². The van der Waals surface area contributed by atoms with Crippen LogP contribution in [0.3, 0.4) is 0 Å². The fraction of sp³-hybridized carbons (Fsp3) is 0.176. The minimum absolute atomic E-state index is 0.333. The molecule has 0 aromatic heterocycles. The largest absolute Gasteiger partial charge is 0.298 e. The molecule has 0 unspecified atom stereocenters. The summed E-state index contributed by atoms with van der Waals surface area (Å²) >= 11 is 0. The van der Waals surface area contributed by atoms with Crippen LogP contribution in [0.5, 0.6) is 0 Å². The van der Waals surface area contributed by atoms with Crippen LogP contribution in [0, 0.1) is 0 Å². The molecule has 2 aromatic rings. The maximum atomic E-state index is 11.5. The van der Waals surface area contributed by atoms with E-state index in [9.17, 15) is 9.59 Å². The van der Waals surface area contributed by atoms with Crippen molar-refractivity contribution in [3.63, 3.8) is 0 Å². The lowest BCUT2D eigenvalue weighted by Gasteiger charge is -2.27. The molecule has 2 aromatic carbocycles. The summed E-state index contributed by atoms with van der Waals surface area (Å²) in [4.78, 5) is 22.5. The summed E-state index contributed by atoms with van der Waals surface area (Å²) in [5.41, 5.74) is 1.93. The van der Waals surface area contributed by atoms with Crippen molar-refractivity contribution >= 4 is 12.5 Å². The molecule has 2 rings (SSSR count). The summed E-state index contributed by atoms with van der Waals surface area (Å²) in [7, 11) is 0. The second-order valence-corrected chi connectivity index (χ2v) is 4.95. The summed E-state index contributed by atoms with van der Waals surface area (Å²) in [5, 5.41) is 0. The summed E-state index contributed by atoms with van der Waals surface area (Å²) in [6, 6.07) is 13.9. The number of carbonyl (C=O) groups excluding carboxylic acids is 2. The van der Waals surface area contributed by atoms with Crippen molar-refractivity contribution in [1.82, 2.24) is 0 Å². The van der Waals surface area contributed by atoms with E-state index in [1.807, 2.05) is 26.0 Å². The van der Waals surface area contributed by atoms with Gasteiger partial charge in [0.2, 0.25) is 0 Å². The fourth-order valence-electron chi connectivity index (χ4n) is 2.23. The molecule has 0 heterocycles. The Bertz CT molecular complexity index is 688. The zero-order valence-electron chi connectivity index (χ0n) is 12.9. The van der Waals surface area contributed by atoms with Crippen LogP contribution in [-0.4, -0.2) is 12.5 Å². The van der Waals surface area contributed by atoms with Gasteiger partial charge >= 0.3 is 0 Å². The van der Waals surface area contributed by atoms with E-state index in [2.05, 4.69) is 0 Å². The maximum absolute atomic E-state index is 11.5. The van der Waals surface area contributed by atoms with Crippen molar-refractivity contribution in [2.45, 2.75) is 19.3 Å². The Morgan fingerprint density at radius 1 is 0.947 bits per heavy atom. The molecule has 0 spiro atoms. The number of aldehydes is 2. The molecule has 19 heavy (non-hydrogen) atoms. The van der Waals surface area contributed by atoms with Crippen LogP contribution in [0.1, 0.15) is 48.4 Å². The zero-order chi connectivity index (χ0) is 15.6. The first kappa shape index (κ1) is 10.7. The fourth-order valence-corrected chi connectivity index (χ4v) is 2.23. The van der Waals surface area contributed by atoms with Crippen LogP contribution in [0.25, 0.3) is 0 Å². The predicted octanol–water partition coefficient (Wildman–Crippen LogP) is 3.64. The molecule has 2 heteroatoms. The lowest BCUT2D eigenvalue weighted by molar-refractivity contribution is 0.111. The first-order chi connectivity index (χ1) is 9.84. The van der Waals surface area contributed by atoms with E-state index in [1.165, 1.54) is 0 Å². The molecule has 0 N–H and O–H groups in total. The van der Waals surface area contributed by atoms with Gasteiger partial charge < -0.3 is 0 Å². The quantitative estimate of drug-likeness (QED) is 0.783. The highest BCUT2D eigenvalue weighted by Gasteiger charge is 2.25. The second kappa shape index (κ2) is 5.19. The molecule has 2 nitrogen and oxygen atoms in total. The van der Waals surface area contributed by atoms with E-state index in [1.54, 1.807) is 36.4 Å². The molecule has 0 amide bonds. The van der Waals surface area contributed by atoms with Crippen molar-refractivity contribution in [3.05, 3.63) is 70.8 Å². The van der Waals surface area contributed by atoms with Crippen LogP contribution in [0.15, 0.2) is 48.5 Å². The van der Waals surface area contributed by atoms with E-state index in [-0.39, 0.29) is 0 Å². The van der Waals surface area contributed by atoms with Crippen LogP contribution in [0.4, 0.5) is 0 Å². The normalized spacial score (nSPS) is 12.5. The minimum atomic E-state index is -0.721. The number of carbonyl (C=O) groups is 2. The predicted molar refractivity (Wildman–Crippen MR) is 75.8 cm³/mol. The molecule has 0 aliphatic heterocycles. The van der Waals surface area contributed by atoms with Gasteiger partial charge in [-0.3, -0.25) is 9.59 Å². The van der Waals surface area contributed by atoms with Crippen molar-refractivity contribution in [1.29, 1.82) is 0 Å². The van der Waals surface area contributed by atoms with Crippen LogP contribution in [0.2, 0.25) is 0 Å². The van der Waals surface area contributed by atoms with Crippen molar-refractivity contribution in [3.8, 4) is 0 Å². The van der Waals surface area contributed by atoms with Gasteiger partial charge in [-0.2, -0.15) is 0 Å². The highest BCUT2D eigenvalue weighted by Crippen LogP contribution is 2.33. The molecule has 0 saturated heterocycles. The summed E-state index contributed by atoms with van der Waals surface area (Å²) in [6.07, 6.45) is -1.43. The average molecular weight is 256 g/mol. The second-order valence-electron chi connectivity index (χ2n) is 4.95. The third kappa shape index (κ3) is 2.48. The highest BCUT2D eigenvalue weighted by atomic mass is 16.1. The minimum Gasteiger partial charge on any atom is -0.298 e. The van der Waals surface area contributed by atoms with Gasteiger partial charge in [-0.1, -0.05) is 62.4 Å². The van der Waals surface area contributed by atoms with E-state index in [4.69, 9.17) is 2.74 Å². The lowest BCUT2D eigenvalue weighted by atomic mass is 9.76. The SMILES string of the molecule is [3H]C(=O)c1ccc(C(C)(C)c2ccccc2C([3H])=O)cc1. The highest BCUT2D eigenvalue weighted by molar-refractivity contribution is 5.78. The maximum Gasteiger partial charge on any atom is 0.150 e. The summed E-state index contributed by atoms with van der Waals surface area (Å²) in [5.74, 6) is 0. The van der Waals surface area contributed by atoms with E-state index in [0.717, 1.165) is 11.1 Å². The monoisotopic (exact) mass is 256 g/mol. The van der Waals surface area contributed by atoms with Crippen LogP contribution in [-0.2, 0) is 5.41 Å². The zero-order valence-corrected chi connectivity index (χ0v) is 10.9. The Morgan fingerprint density at radius 2 is 1.58 bits per heavy atom. The van der Waals surface area contributed by atoms with E-state index in [0.29, 0.717) is 11.1 Å². The Hall–Kier alpha value is -2.22. The van der Waals surface area contributed by atoms with Crippen molar-refractivity contribution in [2.24, 2.45) is 0 Å². The Labute approximate surface area is 115 Å². The number of rotatable bonds is 4. The number of hydrogen-bond donors (Lipinski definition) is 0. The van der Waals surface area contributed by atoms with Gasteiger partial charge in [0, 0.05) is 16.5 Å². The van der Waals surface area contributed by atoms with Crippen molar-refractivity contribution < 1.29 is 12.3 Å². The van der Waals surface area contributed by atoms with Gasteiger partial charge in [0.1, 0.15) is 15.3 Å². The first-order valence-electron chi connectivity index (χ1n) is 7.06. The standard InChI is InChI=1S/C17H16O2/c1-17(2,15-9-7-13(11-18)8-10-15)16-6-4-3-5-14(16)12-19/h3-12H,1-2H3/i11T,12T. The number of benzene rings is 2. The van der Waals surface area contributed by atoms with Crippen LogP contribution < -0.4 is 0 Å². The molecule has 0 radical (unpaired) electrons. The van der Waals surface area contributed by atoms with Gasteiger partial charge in [-0.05, 0) is 11.1 Å².